The third-order valence-corrected chi connectivity index (χ3v) is 25.4. The smallest absolute Gasteiger partial charge is 0.306 e. The van der Waals surface area contributed by atoms with Gasteiger partial charge >= 0.3 is 11.9 Å². The first kappa shape index (κ1) is 124. The summed E-state index contributed by atoms with van der Waals surface area (Å²) in [6.07, 6.45) is 23.3. The lowest BCUT2D eigenvalue weighted by atomic mass is 9.94. The molecule has 2 aromatic carbocycles. The number of Topliss-reactive ketones (excluding diaryl/α,β-unsaturated/α-hetero) is 3. The summed E-state index contributed by atoms with van der Waals surface area (Å²) in [4.78, 5) is 260. The van der Waals surface area contributed by atoms with Crippen LogP contribution in [0.3, 0.4) is 0 Å². The number of aliphatic carboxylic acids is 2. The number of aliphatic hydroxyl groups is 2. The minimum atomic E-state index is -1.67. The molecule has 0 bridgehead atoms. The maximum atomic E-state index is 14.4. The molecule has 45 heteroatoms. The van der Waals surface area contributed by atoms with Gasteiger partial charge in [-0.1, -0.05) is 171 Å². The van der Waals surface area contributed by atoms with Crippen LogP contribution in [0.1, 0.15) is 263 Å². The van der Waals surface area contributed by atoms with Crippen LogP contribution in [0.5, 0.6) is 0 Å². The number of aliphatic imine (C=N–C) groups is 2. The highest BCUT2D eigenvalue weighted by Crippen LogP contribution is 2.27. The minimum Gasteiger partial charge on any atom is -0.481 e. The van der Waals surface area contributed by atoms with Gasteiger partial charge in [0, 0.05) is 145 Å². The maximum Gasteiger partial charge on any atom is 0.306 e. The lowest BCUT2D eigenvalue weighted by molar-refractivity contribution is -0.144. The molecule has 0 spiro atoms. The average Bonchev–Trinajstić information content (AvgIpc) is 1.69. The van der Waals surface area contributed by atoms with E-state index in [0.717, 1.165) is 74.3 Å². The van der Waals surface area contributed by atoms with Crippen LogP contribution < -0.4 is 86.7 Å². The molecule has 6 rings (SSSR count). The molecule has 0 radical (unpaired) electrons. The number of carbonyl (C=O) groups is 19. The van der Waals surface area contributed by atoms with Crippen LogP contribution in [0, 0.1) is 11.8 Å². The molecule has 13 atom stereocenters. The van der Waals surface area contributed by atoms with E-state index in [-0.39, 0.29) is 165 Å². The Labute approximate surface area is 858 Å². The highest BCUT2D eigenvalue weighted by atomic mass is 16.5. The number of nitrogens with zero attached hydrogens (tertiary/aromatic N) is 3. The van der Waals surface area contributed by atoms with Crippen molar-refractivity contribution in [3.63, 3.8) is 0 Å². The summed E-state index contributed by atoms with van der Waals surface area (Å²) in [5.41, 5.74) is 25.0. The number of primary amides is 1. The molecule has 25 N–H and O–H groups in total. The van der Waals surface area contributed by atoms with Gasteiger partial charge in [0.1, 0.15) is 72.5 Å². The number of unbranched alkanes of at least 4 members (excludes halogenated alkanes) is 14. The molecule has 4 heterocycles. The molecule has 3 aromatic rings. The van der Waals surface area contributed by atoms with Crippen LogP contribution in [-0.2, 0) is 113 Å². The number of ether oxygens (including phenoxy) is 2. The third-order valence-electron chi connectivity index (χ3n) is 25.4. The predicted octanol–water partition coefficient (Wildman–Crippen LogP) is 1.79. The standard InChI is InChI=1S/C57H97N11O17.C45H61N9O8/c1-3-4-22-42(52(77)60-2)65-55(80)45(35-58)68-54(79)44(34-40-20-19-28-61-40)67-53(78)43(25-26-47(59)71)66-56(81)46(37-69)64-49(73)36-63-50(74)38-85-32-31-84-30-29-62-48(72)27-24-39(57(82)83)33-41(70)21-17-15-13-11-9-7-5-6-8-10-12-14-16-18-23-51(75)76;1-27-19-20-31(56)14-7-4-8-16-34(28(2)55)50-42(60)38(23-30-25-49-35-17-10-9-15-33(30)35)52-40(58)36(18-11-21-48-45(46)47)51-41(59)37(22-29-12-5-3-6-13-29)53-43(61)39-24-32(57)26-54(39)44(27)62/h20,28,39,42-46,69H,3-19,21-27,29-38,58H2,1-2H3,(H2,59,71)(H,60,77)(H,62,72)(H,63,74)(H,64,73)(H,65,80)(H,66,81)(H,67,78)(H,68,79)(H,75,76)(H,82,83);3,5-6,9-10,12-13,15,17,25,27,32,34,36-39,49,57H,4,7-8,11,14,16,18-24,26H2,1-2H3,(H,50,60)(H,51,59)(H,52,58)(H,53,61)(H4,46,47,48)/t39-,42+,43+,44+,45+,46+;27-,32+,34-,36-,37+,38-,39-/m10/s1. The lowest BCUT2D eigenvalue weighted by Crippen LogP contribution is -2.60. The first-order chi connectivity index (χ1) is 70.4. The molecule has 0 unspecified atom stereocenters. The summed E-state index contributed by atoms with van der Waals surface area (Å²) < 4.78 is 10.7. The second kappa shape index (κ2) is 70.7. The van der Waals surface area contributed by atoms with Gasteiger partial charge in [0.25, 0.3) is 0 Å². The molecule has 816 valence electrons. The number of guanidine groups is 1. The van der Waals surface area contributed by atoms with E-state index in [1.807, 2.05) is 31.2 Å². The molecular formula is C102H158N20O25. The Bertz CT molecular complexity index is 4840. The quantitative estimate of drug-likeness (QED) is 0.0218. The van der Waals surface area contributed by atoms with Crippen molar-refractivity contribution >= 4 is 135 Å². The number of allylic oxidation sites excluding steroid dienone is 1. The predicted molar refractivity (Wildman–Crippen MR) is 546 cm³/mol. The van der Waals surface area contributed by atoms with E-state index < -0.39 is 193 Å². The largest absolute Gasteiger partial charge is 0.481 e. The fourth-order valence-electron chi connectivity index (χ4n) is 16.9. The molecule has 147 heavy (non-hydrogen) atoms. The fourth-order valence-corrected chi connectivity index (χ4v) is 16.9. The summed E-state index contributed by atoms with van der Waals surface area (Å²) in [5.74, 6) is -14.1. The number of para-hydroxylation sites is 1. The Hall–Kier alpha value is -13.0. The van der Waals surface area contributed by atoms with Crippen molar-refractivity contribution in [1.82, 2.24) is 73.7 Å². The summed E-state index contributed by atoms with van der Waals surface area (Å²) >= 11 is 0. The van der Waals surface area contributed by atoms with Crippen molar-refractivity contribution in [3.8, 4) is 0 Å². The molecule has 45 nitrogen and oxygen atoms in total. The van der Waals surface area contributed by atoms with Crippen LogP contribution in [0.2, 0.25) is 0 Å². The van der Waals surface area contributed by atoms with Gasteiger partial charge in [-0.3, -0.25) is 101 Å². The van der Waals surface area contributed by atoms with Crippen molar-refractivity contribution in [1.29, 1.82) is 0 Å². The van der Waals surface area contributed by atoms with Crippen molar-refractivity contribution in [2.24, 2.45) is 44.8 Å². The van der Waals surface area contributed by atoms with E-state index >= 15 is 0 Å². The Morgan fingerprint density at radius 2 is 1.18 bits per heavy atom. The van der Waals surface area contributed by atoms with Gasteiger partial charge in [0.2, 0.25) is 82.7 Å². The molecule has 0 aliphatic carbocycles. The van der Waals surface area contributed by atoms with E-state index in [4.69, 9.17) is 37.5 Å². The summed E-state index contributed by atoms with van der Waals surface area (Å²) in [5, 5.41) is 70.7. The molecule has 3 aliphatic rings. The van der Waals surface area contributed by atoms with Crippen LogP contribution in [0.25, 0.3) is 10.9 Å². The van der Waals surface area contributed by atoms with E-state index in [0.29, 0.717) is 69.0 Å². The van der Waals surface area contributed by atoms with Gasteiger partial charge < -0.3 is 127 Å². The SMILES string of the molecule is CC(=O)[C@@H]1CCCCCC(=O)CC[C@H](C)C(=O)N2C[C@H](O)C[C@H]2C(=O)N[C@H](Cc2ccccc2)C(=O)N[C@@H](CCCN=C(N)N)C(=O)N[C@@H](Cc2c[nH]c3ccccc23)C(=O)N1.CCCC[C@H](NC(=O)[C@H](CN)NC(=O)[C@H](CC1=CCC=N1)NC(=O)[C@H](CCC(N)=O)NC(=O)[C@H](CO)NC(=O)CNC(=O)COCCOCCNC(=O)CC[C@H](CC(=O)CCCCCCCCCCCCCCCCC(=O)O)C(=O)O)C(=O)NC. The highest BCUT2D eigenvalue weighted by Gasteiger charge is 2.43. The third kappa shape index (κ3) is 50.3. The number of benzene rings is 2. The number of rotatable bonds is 62. The molecular weight excluding hydrogens is 1910 g/mol. The number of ketones is 3. The number of nitrogens with one attached hydrogen (secondary N) is 13. The van der Waals surface area contributed by atoms with E-state index in [1.165, 1.54) is 51.0 Å². The second-order valence-electron chi connectivity index (χ2n) is 37.5. The fraction of sp³-hybridized carbons (Fsp3) is 0.637. The second-order valence-corrected chi connectivity index (χ2v) is 37.5. The zero-order valence-corrected chi connectivity index (χ0v) is 85.4. The number of carboxylic acids is 2. The molecule has 3 aliphatic heterocycles. The van der Waals surface area contributed by atoms with Crippen LogP contribution in [0.4, 0.5) is 0 Å². The summed E-state index contributed by atoms with van der Waals surface area (Å²) in [6.45, 7) is 2.66. The highest BCUT2D eigenvalue weighted by molar-refractivity contribution is 6.00. The molecule has 1 aromatic heterocycles. The van der Waals surface area contributed by atoms with Gasteiger partial charge in [-0.2, -0.15) is 0 Å². The Kier molecular flexibility index (Phi) is 59.9. The minimum absolute atomic E-state index is 0.00391. The number of nitrogens with two attached hydrogens (primary N) is 4. The van der Waals surface area contributed by atoms with Gasteiger partial charge in [0.05, 0.1) is 51.0 Å². The number of carboxylic acid groups (broad SMARTS) is 2. The number of hydrogen-bond acceptors (Lipinski definition) is 26. The Balaban J connectivity index is 0.000000540. The zero-order chi connectivity index (χ0) is 108. The topological polar surface area (TPSA) is 716 Å². The van der Waals surface area contributed by atoms with Crippen molar-refractivity contribution in [2.45, 2.75) is 331 Å². The van der Waals surface area contributed by atoms with Crippen LogP contribution in [0.15, 0.2) is 82.6 Å². The molecule has 0 saturated carbocycles. The number of likely N-dealkylation sites (N-methyl/N-ethyl adjacent to an activating group) is 1. The maximum absolute atomic E-state index is 14.4. The van der Waals surface area contributed by atoms with Gasteiger partial charge in [0.15, 0.2) is 11.7 Å². The lowest BCUT2D eigenvalue weighted by Gasteiger charge is -2.29. The Morgan fingerprint density at radius 1 is 0.585 bits per heavy atom. The van der Waals surface area contributed by atoms with Crippen LogP contribution >= 0.6 is 0 Å². The van der Waals surface area contributed by atoms with Crippen molar-refractivity contribution in [3.05, 3.63) is 83.7 Å². The van der Waals surface area contributed by atoms with E-state index in [2.05, 4.69) is 78.8 Å². The van der Waals surface area contributed by atoms with E-state index in [1.54, 1.807) is 55.7 Å². The normalized spacial score (nSPS) is 18.7. The number of hydrogen-bond donors (Lipinski definition) is 21. The number of carbonyl (C=O) groups excluding carboxylic acids is 17. The van der Waals surface area contributed by atoms with Crippen LogP contribution in [-0.4, -0.2) is 294 Å². The number of H-pyrrole nitrogens is 1. The summed E-state index contributed by atoms with van der Waals surface area (Å²) in [7, 11) is 1.41. The van der Waals surface area contributed by atoms with Crippen molar-refractivity contribution < 1.29 is 121 Å². The average molecular weight is 2060 g/mol. The molecule has 14 amide bonds. The first-order valence-electron chi connectivity index (χ1n) is 51.5. The summed E-state index contributed by atoms with van der Waals surface area (Å²) in [6, 6.07) is 3.92. The first-order valence-corrected chi connectivity index (χ1v) is 51.5. The Morgan fingerprint density at radius 3 is 1.80 bits per heavy atom. The van der Waals surface area contributed by atoms with E-state index in [9.17, 15) is 106 Å². The van der Waals surface area contributed by atoms with Crippen molar-refractivity contribution in [2.75, 3.05) is 72.8 Å². The van der Waals surface area contributed by atoms with Gasteiger partial charge in [-0.05, 0) is 88.3 Å². The number of aromatic amines is 1. The van der Waals surface area contributed by atoms with Gasteiger partial charge in [-0.15, -0.1) is 0 Å². The monoisotopic (exact) mass is 2060 g/mol. The number of amides is 14. The molecule has 2 fully saturated rings. The zero-order valence-electron chi connectivity index (χ0n) is 85.4. The number of aliphatic hydroxyl groups excluding tert-OH is 2. The van der Waals surface area contributed by atoms with Gasteiger partial charge in [-0.25, -0.2) is 0 Å². The number of aromatic nitrogens is 1. The number of fused-ring (bicyclic) bond motifs is 2. The molecule has 2 saturated heterocycles.